The molecule has 0 atom stereocenters. The van der Waals surface area contributed by atoms with Gasteiger partial charge in [-0.05, 0) is 30.5 Å². The first kappa shape index (κ1) is 19.1. The molecule has 6 heteroatoms. The first-order valence-corrected chi connectivity index (χ1v) is 9.32. The maximum absolute atomic E-state index is 12.0. The minimum Gasteiger partial charge on any atom is -0.354 e. The van der Waals surface area contributed by atoms with Crippen molar-refractivity contribution in [1.82, 2.24) is 10.6 Å². The van der Waals surface area contributed by atoms with Gasteiger partial charge in [0.05, 0.1) is 10.0 Å². The molecule has 0 saturated heterocycles. The number of hydrogen-bond donors (Lipinski definition) is 2. The lowest BCUT2D eigenvalue weighted by Gasteiger charge is -2.20. The molecule has 0 aliphatic heterocycles. The molecule has 0 unspecified atom stereocenters. The summed E-state index contributed by atoms with van der Waals surface area (Å²) in [4.78, 5) is 23.8. The van der Waals surface area contributed by atoms with Crippen LogP contribution in [0.15, 0.2) is 18.2 Å². The highest BCUT2D eigenvalue weighted by Crippen LogP contribution is 2.27. The Hall–Kier alpha value is -1.26. The molecule has 1 aromatic carbocycles. The number of rotatable bonds is 7. The van der Waals surface area contributed by atoms with E-state index in [1.807, 2.05) is 0 Å². The lowest BCUT2D eigenvalue weighted by Crippen LogP contribution is -2.34. The Morgan fingerprint density at radius 1 is 1.00 bits per heavy atom. The first-order valence-electron chi connectivity index (χ1n) is 8.56. The third-order valence-electron chi connectivity index (χ3n) is 4.42. The molecule has 2 amide bonds. The average molecular weight is 371 g/mol. The van der Waals surface area contributed by atoms with E-state index >= 15 is 0 Å². The second-order valence-electron chi connectivity index (χ2n) is 6.28. The van der Waals surface area contributed by atoms with Gasteiger partial charge in [0.15, 0.2) is 0 Å². The molecular weight excluding hydrogens is 347 g/mol. The zero-order valence-electron chi connectivity index (χ0n) is 13.7. The lowest BCUT2D eigenvalue weighted by molar-refractivity contribution is -0.121. The molecule has 1 aliphatic rings. The third-order valence-corrected chi connectivity index (χ3v) is 5.16. The monoisotopic (exact) mass is 370 g/mol. The number of carbonyl (C=O) groups is 2. The molecule has 1 fully saturated rings. The Kier molecular flexibility index (Phi) is 7.86. The highest BCUT2D eigenvalue weighted by molar-refractivity contribution is 6.42. The summed E-state index contributed by atoms with van der Waals surface area (Å²) in [5.41, 5.74) is 0.452. The van der Waals surface area contributed by atoms with Crippen LogP contribution < -0.4 is 10.6 Å². The van der Waals surface area contributed by atoms with Gasteiger partial charge in [-0.25, -0.2) is 0 Å². The molecule has 2 rings (SSSR count). The van der Waals surface area contributed by atoms with E-state index in [1.165, 1.54) is 38.2 Å². The molecule has 132 valence electrons. The number of amides is 2. The Balaban J connectivity index is 1.60. The quantitative estimate of drug-likeness (QED) is 0.706. The van der Waals surface area contributed by atoms with Gasteiger partial charge in [0.2, 0.25) is 5.91 Å². The maximum atomic E-state index is 12.0. The van der Waals surface area contributed by atoms with Crippen LogP contribution in [0.1, 0.15) is 55.3 Å². The third kappa shape index (κ3) is 6.33. The number of nitrogens with one attached hydrogen (secondary N) is 2. The molecule has 1 aromatic rings. The number of carbonyl (C=O) groups excluding carboxylic acids is 2. The van der Waals surface area contributed by atoms with E-state index < -0.39 is 0 Å². The number of benzene rings is 1. The summed E-state index contributed by atoms with van der Waals surface area (Å²) >= 11 is 11.7. The fraction of sp³-hybridized carbons (Fsp3) is 0.556. The summed E-state index contributed by atoms with van der Waals surface area (Å²) in [6.07, 6.45) is 7.99. The van der Waals surface area contributed by atoms with Crippen molar-refractivity contribution in [3.05, 3.63) is 33.8 Å². The Labute approximate surface area is 153 Å². The van der Waals surface area contributed by atoms with Crippen LogP contribution in [-0.2, 0) is 4.79 Å². The lowest BCUT2D eigenvalue weighted by atomic mass is 9.86. The molecule has 0 heterocycles. The van der Waals surface area contributed by atoms with Crippen molar-refractivity contribution in [2.24, 2.45) is 5.92 Å². The topological polar surface area (TPSA) is 58.2 Å². The molecule has 2 N–H and O–H groups in total. The Morgan fingerprint density at radius 2 is 1.71 bits per heavy atom. The Bertz CT molecular complexity index is 572. The van der Waals surface area contributed by atoms with E-state index in [-0.39, 0.29) is 11.8 Å². The van der Waals surface area contributed by atoms with E-state index in [0.717, 1.165) is 6.42 Å². The number of hydrogen-bond acceptors (Lipinski definition) is 2. The van der Waals surface area contributed by atoms with Crippen LogP contribution in [0.25, 0.3) is 0 Å². The van der Waals surface area contributed by atoms with E-state index in [2.05, 4.69) is 10.6 Å². The van der Waals surface area contributed by atoms with Crippen molar-refractivity contribution in [2.75, 3.05) is 13.1 Å². The van der Waals surface area contributed by atoms with Crippen LogP contribution in [0, 0.1) is 5.92 Å². The molecule has 4 nitrogen and oxygen atoms in total. The zero-order valence-corrected chi connectivity index (χ0v) is 15.3. The van der Waals surface area contributed by atoms with Crippen LogP contribution in [0.2, 0.25) is 10.0 Å². The summed E-state index contributed by atoms with van der Waals surface area (Å²) in [5, 5.41) is 6.36. The minimum absolute atomic E-state index is 0.0596. The zero-order chi connectivity index (χ0) is 17.4. The maximum Gasteiger partial charge on any atom is 0.251 e. The van der Waals surface area contributed by atoms with Gasteiger partial charge in [0.25, 0.3) is 5.91 Å². The van der Waals surface area contributed by atoms with Crippen LogP contribution in [-0.4, -0.2) is 24.9 Å². The van der Waals surface area contributed by atoms with E-state index in [4.69, 9.17) is 23.2 Å². The van der Waals surface area contributed by atoms with E-state index in [9.17, 15) is 9.59 Å². The van der Waals surface area contributed by atoms with Gasteiger partial charge in [-0.2, -0.15) is 0 Å². The first-order chi connectivity index (χ1) is 11.6. The summed E-state index contributed by atoms with van der Waals surface area (Å²) in [5.74, 6) is 0.535. The fourth-order valence-electron chi connectivity index (χ4n) is 3.02. The molecule has 1 aliphatic carbocycles. The van der Waals surface area contributed by atoms with Crippen LogP contribution in [0.4, 0.5) is 0 Å². The average Bonchev–Trinajstić information content (AvgIpc) is 2.60. The van der Waals surface area contributed by atoms with Gasteiger partial charge >= 0.3 is 0 Å². The van der Waals surface area contributed by atoms with Gasteiger partial charge in [-0.1, -0.05) is 55.3 Å². The van der Waals surface area contributed by atoms with Crippen molar-refractivity contribution in [2.45, 2.75) is 44.9 Å². The van der Waals surface area contributed by atoms with Gasteiger partial charge in [0, 0.05) is 25.1 Å². The summed E-state index contributed by atoms with van der Waals surface area (Å²) in [6, 6.07) is 4.74. The predicted octanol–water partition coefficient (Wildman–Crippen LogP) is 4.20. The predicted molar refractivity (Wildman–Crippen MR) is 97.6 cm³/mol. The van der Waals surface area contributed by atoms with E-state index in [1.54, 1.807) is 12.1 Å². The van der Waals surface area contributed by atoms with E-state index in [0.29, 0.717) is 41.0 Å². The number of halogens is 2. The largest absolute Gasteiger partial charge is 0.354 e. The standard InChI is InChI=1S/C18H24Cl2N2O2/c19-15-8-7-14(12-16(15)20)18(24)22-11-10-21-17(23)9-6-13-4-2-1-3-5-13/h7-8,12-13H,1-6,9-11H2,(H,21,23)(H,22,24). The highest BCUT2D eigenvalue weighted by atomic mass is 35.5. The van der Waals surface area contributed by atoms with Crippen LogP contribution in [0.5, 0.6) is 0 Å². The fourth-order valence-corrected chi connectivity index (χ4v) is 3.31. The molecule has 0 aromatic heterocycles. The second-order valence-corrected chi connectivity index (χ2v) is 7.09. The van der Waals surface area contributed by atoms with Crippen molar-refractivity contribution in [3.63, 3.8) is 0 Å². The summed E-state index contributed by atoms with van der Waals surface area (Å²) in [6.45, 7) is 0.810. The minimum atomic E-state index is -0.231. The van der Waals surface area contributed by atoms with Crippen molar-refractivity contribution in [3.8, 4) is 0 Å². The smallest absolute Gasteiger partial charge is 0.251 e. The van der Waals surface area contributed by atoms with Gasteiger partial charge in [-0.3, -0.25) is 9.59 Å². The van der Waals surface area contributed by atoms with Crippen LogP contribution in [0.3, 0.4) is 0 Å². The van der Waals surface area contributed by atoms with Crippen LogP contribution >= 0.6 is 23.2 Å². The highest BCUT2D eigenvalue weighted by Gasteiger charge is 2.14. The molecule has 24 heavy (non-hydrogen) atoms. The van der Waals surface area contributed by atoms with Gasteiger partial charge < -0.3 is 10.6 Å². The molecular formula is C18H24Cl2N2O2. The Morgan fingerprint density at radius 3 is 2.42 bits per heavy atom. The van der Waals surface area contributed by atoms with Crippen molar-refractivity contribution >= 4 is 35.0 Å². The molecule has 0 bridgehead atoms. The second kappa shape index (κ2) is 9.90. The molecule has 1 saturated carbocycles. The van der Waals surface area contributed by atoms with Gasteiger partial charge in [0.1, 0.15) is 0 Å². The normalized spacial score (nSPS) is 15.1. The summed E-state index contributed by atoms with van der Waals surface area (Å²) in [7, 11) is 0. The van der Waals surface area contributed by atoms with Crippen molar-refractivity contribution < 1.29 is 9.59 Å². The molecule has 0 radical (unpaired) electrons. The van der Waals surface area contributed by atoms with Gasteiger partial charge in [-0.15, -0.1) is 0 Å². The molecule has 0 spiro atoms. The summed E-state index contributed by atoms with van der Waals surface area (Å²) < 4.78 is 0. The SMILES string of the molecule is O=C(CCC1CCCCC1)NCCNC(=O)c1ccc(Cl)c(Cl)c1. The van der Waals surface area contributed by atoms with Crippen molar-refractivity contribution in [1.29, 1.82) is 0 Å².